The number of nitrogens with one attached hydrogen (secondary N) is 1. The van der Waals surface area contributed by atoms with Gasteiger partial charge in [-0.05, 0) is 25.7 Å². The van der Waals surface area contributed by atoms with Gasteiger partial charge in [-0.1, -0.05) is 20.3 Å². The average molecular weight is 186 g/mol. The van der Waals surface area contributed by atoms with Crippen molar-refractivity contribution in [2.75, 3.05) is 0 Å². The van der Waals surface area contributed by atoms with E-state index in [9.17, 15) is 0 Å². The van der Waals surface area contributed by atoms with E-state index < -0.39 is 0 Å². The van der Waals surface area contributed by atoms with Crippen molar-refractivity contribution in [3.05, 3.63) is 0 Å². The van der Waals surface area contributed by atoms with Gasteiger partial charge in [0.15, 0.2) is 0 Å². The van der Waals surface area contributed by atoms with Crippen molar-refractivity contribution in [2.45, 2.75) is 58.3 Å². The minimum Gasteiger partial charge on any atom is -0.374 e. The van der Waals surface area contributed by atoms with E-state index in [-0.39, 0.29) is 0 Å². The van der Waals surface area contributed by atoms with Crippen LogP contribution in [0.2, 0.25) is 0 Å². The number of hydrogen-bond acceptors (Lipinski definition) is 3. The predicted octanol–water partition coefficient (Wildman–Crippen LogP) is 1.43. The lowest BCUT2D eigenvalue weighted by Crippen LogP contribution is -2.48. The first-order valence-electron chi connectivity index (χ1n) is 5.30. The average Bonchev–Trinajstić information content (AvgIpc) is 2.53. The molecule has 78 valence electrons. The van der Waals surface area contributed by atoms with Gasteiger partial charge in [-0.25, -0.2) is 0 Å². The molecule has 0 aromatic rings. The molecular weight excluding hydrogens is 164 g/mol. The van der Waals surface area contributed by atoms with Crippen LogP contribution in [-0.2, 0) is 4.74 Å². The standard InChI is InChI=1S/C10H22N2O/c1-4-7(2)10(12-11)9-6-5-8(3)13-9/h7-10,12H,4-6,11H2,1-3H3. The van der Waals surface area contributed by atoms with E-state index in [0.717, 1.165) is 12.8 Å². The van der Waals surface area contributed by atoms with Crippen molar-refractivity contribution >= 4 is 0 Å². The molecule has 3 nitrogen and oxygen atoms in total. The Morgan fingerprint density at radius 3 is 2.62 bits per heavy atom. The van der Waals surface area contributed by atoms with Gasteiger partial charge in [0.2, 0.25) is 0 Å². The number of nitrogens with two attached hydrogens (primary N) is 1. The van der Waals surface area contributed by atoms with E-state index in [1.165, 1.54) is 6.42 Å². The topological polar surface area (TPSA) is 47.3 Å². The van der Waals surface area contributed by atoms with Crippen molar-refractivity contribution in [3.8, 4) is 0 Å². The van der Waals surface area contributed by atoms with Gasteiger partial charge in [-0.2, -0.15) is 0 Å². The van der Waals surface area contributed by atoms with Gasteiger partial charge in [-0.15, -0.1) is 0 Å². The molecule has 0 saturated carbocycles. The van der Waals surface area contributed by atoms with E-state index in [1.54, 1.807) is 0 Å². The van der Waals surface area contributed by atoms with Gasteiger partial charge in [0.1, 0.15) is 0 Å². The second kappa shape index (κ2) is 4.94. The van der Waals surface area contributed by atoms with Crippen LogP contribution in [0.5, 0.6) is 0 Å². The molecular formula is C10H22N2O. The Morgan fingerprint density at radius 1 is 1.54 bits per heavy atom. The van der Waals surface area contributed by atoms with Gasteiger partial charge in [0, 0.05) is 6.04 Å². The highest BCUT2D eigenvalue weighted by Gasteiger charge is 2.31. The summed E-state index contributed by atoms with van der Waals surface area (Å²) in [5, 5.41) is 0. The Balaban J connectivity index is 2.46. The molecule has 0 amide bonds. The zero-order chi connectivity index (χ0) is 9.84. The van der Waals surface area contributed by atoms with Crippen LogP contribution in [0.3, 0.4) is 0 Å². The molecule has 0 radical (unpaired) electrons. The van der Waals surface area contributed by atoms with Crippen molar-refractivity contribution in [1.82, 2.24) is 5.43 Å². The lowest BCUT2D eigenvalue weighted by molar-refractivity contribution is 0.0187. The van der Waals surface area contributed by atoms with Gasteiger partial charge in [0.25, 0.3) is 0 Å². The van der Waals surface area contributed by atoms with E-state index in [1.807, 2.05) is 0 Å². The third-order valence-electron chi connectivity index (χ3n) is 3.11. The Kier molecular flexibility index (Phi) is 4.16. The summed E-state index contributed by atoms with van der Waals surface area (Å²) in [5.74, 6) is 6.13. The zero-order valence-electron chi connectivity index (χ0n) is 8.92. The van der Waals surface area contributed by atoms with Crippen LogP contribution < -0.4 is 11.3 Å². The van der Waals surface area contributed by atoms with Crippen molar-refractivity contribution in [1.29, 1.82) is 0 Å². The molecule has 4 unspecified atom stereocenters. The summed E-state index contributed by atoms with van der Waals surface area (Å²) in [7, 11) is 0. The number of ether oxygens (including phenoxy) is 1. The van der Waals surface area contributed by atoms with Crippen molar-refractivity contribution < 1.29 is 4.74 Å². The van der Waals surface area contributed by atoms with Crippen LogP contribution >= 0.6 is 0 Å². The van der Waals surface area contributed by atoms with Crippen LogP contribution in [0.15, 0.2) is 0 Å². The van der Waals surface area contributed by atoms with Crippen molar-refractivity contribution in [2.24, 2.45) is 11.8 Å². The summed E-state index contributed by atoms with van der Waals surface area (Å²) in [6.45, 7) is 6.54. The molecule has 3 heteroatoms. The fourth-order valence-electron chi connectivity index (χ4n) is 1.99. The monoisotopic (exact) mass is 186 g/mol. The molecule has 13 heavy (non-hydrogen) atoms. The highest BCUT2D eigenvalue weighted by molar-refractivity contribution is 4.84. The Morgan fingerprint density at radius 2 is 2.23 bits per heavy atom. The highest BCUT2D eigenvalue weighted by Crippen LogP contribution is 2.25. The lowest BCUT2D eigenvalue weighted by atomic mass is 9.93. The minimum absolute atomic E-state index is 0.315. The first-order chi connectivity index (χ1) is 6.19. The molecule has 0 spiro atoms. The Hall–Kier alpha value is -0.120. The molecule has 1 rings (SSSR count). The smallest absolute Gasteiger partial charge is 0.0748 e. The maximum absolute atomic E-state index is 5.79. The summed E-state index contributed by atoms with van der Waals surface area (Å²) < 4.78 is 5.79. The number of hydrogen-bond donors (Lipinski definition) is 2. The number of rotatable bonds is 4. The van der Waals surface area contributed by atoms with E-state index in [0.29, 0.717) is 24.2 Å². The molecule has 0 aromatic heterocycles. The van der Waals surface area contributed by atoms with Gasteiger partial charge >= 0.3 is 0 Å². The molecule has 0 aliphatic carbocycles. The van der Waals surface area contributed by atoms with E-state index in [4.69, 9.17) is 10.6 Å². The first kappa shape index (κ1) is 11.0. The Bertz CT molecular complexity index is 152. The summed E-state index contributed by atoms with van der Waals surface area (Å²) in [5.41, 5.74) is 2.89. The zero-order valence-corrected chi connectivity index (χ0v) is 8.92. The van der Waals surface area contributed by atoms with Gasteiger partial charge < -0.3 is 4.74 Å². The van der Waals surface area contributed by atoms with Crippen LogP contribution in [0.4, 0.5) is 0 Å². The van der Waals surface area contributed by atoms with Crippen LogP contribution in [-0.4, -0.2) is 18.2 Å². The summed E-state index contributed by atoms with van der Waals surface area (Å²) in [6, 6.07) is 0.315. The molecule has 1 heterocycles. The normalized spacial score (nSPS) is 33.2. The summed E-state index contributed by atoms with van der Waals surface area (Å²) in [6.07, 6.45) is 4.17. The van der Waals surface area contributed by atoms with Gasteiger partial charge in [0.05, 0.1) is 12.2 Å². The Labute approximate surface area is 81.0 Å². The maximum atomic E-state index is 5.79. The number of hydrazine groups is 1. The second-order valence-electron chi connectivity index (χ2n) is 4.14. The van der Waals surface area contributed by atoms with Crippen LogP contribution in [0, 0.1) is 5.92 Å². The fraction of sp³-hybridized carbons (Fsp3) is 1.00. The van der Waals surface area contributed by atoms with Crippen LogP contribution in [0.25, 0.3) is 0 Å². The molecule has 4 atom stereocenters. The summed E-state index contributed by atoms with van der Waals surface area (Å²) >= 11 is 0. The third kappa shape index (κ3) is 2.66. The molecule has 1 aliphatic heterocycles. The van der Waals surface area contributed by atoms with Gasteiger partial charge in [-0.3, -0.25) is 11.3 Å². The minimum atomic E-state index is 0.315. The van der Waals surface area contributed by atoms with Crippen molar-refractivity contribution in [3.63, 3.8) is 0 Å². The molecule has 0 bridgehead atoms. The SMILES string of the molecule is CCC(C)C(NN)C1CCC(C)O1. The quantitative estimate of drug-likeness (QED) is 0.516. The predicted molar refractivity (Wildman–Crippen MR) is 54.1 cm³/mol. The lowest BCUT2D eigenvalue weighted by Gasteiger charge is -2.27. The third-order valence-corrected chi connectivity index (χ3v) is 3.11. The highest BCUT2D eigenvalue weighted by atomic mass is 16.5. The molecule has 1 aliphatic rings. The maximum Gasteiger partial charge on any atom is 0.0748 e. The van der Waals surface area contributed by atoms with Crippen LogP contribution in [0.1, 0.15) is 40.0 Å². The molecule has 1 saturated heterocycles. The first-order valence-corrected chi connectivity index (χ1v) is 5.30. The molecule has 3 N–H and O–H groups in total. The largest absolute Gasteiger partial charge is 0.374 e. The second-order valence-corrected chi connectivity index (χ2v) is 4.14. The van der Waals surface area contributed by atoms with E-state index >= 15 is 0 Å². The summed E-state index contributed by atoms with van der Waals surface area (Å²) in [4.78, 5) is 0. The molecule has 1 fully saturated rings. The van der Waals surface area contributed by atoms with E-state index in [2.05, 4.69) is 26.2 Å². The fourth-order valence-corrected chi connectivity index (χ4v) is 1.99. The molecule has 0 aromatic carbocycles.